The zero-order valence-corrected chi connectivity index (χ0v) is 14.1. The van der Waals surface area contributed by atoms with Crippen molar-refractivity contribution >= 4 is 5.91 Å². The second-order valence-electron chi connectivity index (χ2n) is 7.19. The first-order valence-corrected chi connectivity index (χ1v) is 9.10. The Morgan fingerprint density at radius 3 is 2.75 bits per heavy atom. The summed E-state index contributed by atoms with van der Waals surface area (Å²) in [5, 5.41) is 10.7. The van der Waals surface area contributed by atoms with Crippen LogP contribution in [0.4, 0.5) is 0 Å². The molecule has 4 rings (SSSR count). The number of carbonyl (C=O) groups excluding carboxylic acids is 1. The highest BCUT2D eigenvalue weighted by Crippen LogP contribution is 2.36. The molecule has 1 aromatic carbocycles. The van der Waals surface area contributed by atoms with Crippen LogP contribution < -0.4 is 0 Å². The lowest BCUT2D eigenvalue weighted by molar-refractivity contribution is -0.142. The second-order valence-corrected chi connectivity index (χ2v) is 7.19. The van der Waals surface area contributed by atoms with Gasteiger partial charge in [0.15, 0.2) is 0 Å². The molecule has 2 fully saturated rings. The number of aliphatic hydroxyl groups is 1. The third-order valence-corrected chi connectivity index (χ3v) is 5.76. The van der Waals surface area contributed by atoms with Crippen LogP contribution in [0.2, 0.25) is 0 Å². The third kappa shape index (κ3) is 2.96. The first-order chi connectivity index (χ1) is 11.7. The fourth-order valence-corrected chi connectivity index (χ4v) is 4.43. The van der Waals surface area contributed by atoms with Gasteiger partial charge in [0.2, 0.25) is 5.91 Å². The molecule has 130 valence electrons. The Kier molecular flexibility index (Phi) is 4.57. The van der Waals surface area contributed by atoms with E-state index in [-0.39, 0.29) is 17.9 Å². The van der Waals surface area contributed by atoms with Gasteiger partial charge in [-0.2, -0.15) is 0 Å². The standard InChI is InChI=1S/C19H26N2O3/c22-18-16-6-2-1-4-14(16)12-17(18)21-7-3-5-15(13-21)19(23)20-8-10-24-11-9-20/h1-2,4,6,15,17-18,22H,3,5,7-13H2. The largest absolute Gasteiger partial charge is 0.387 e. The Morgan fingerprint density at radius 1 is 1.17 bits per heavy atom. The summed E-state index contributed by atoms with van der Waals surface area (Å²) in [6.07, 6.45) is 2.44. The molecule has 5 nitrogen and oxygen atoms in total. The minimum absolute atomic E-state index is 0.0627. The highest BCUT2D eigenvalue weighted by molar-refractivity contribution is 5.79. The molecule has 24 heavy (non-hydrogen) atoms. The lowest BCUT2D eigenvalue weighted by Crippen LogP contribution is -2.51. The van der Waals surface area contributed by atoms with Crippen LogP contribution >= 0.6 is 0 Å². The van der Waals surface area contributed by atoms with Crippen molar-refractivity contribution in [1.29, 1.82) is 0 Å². The van der Waals surface area contributed by atoms with E-state index in [9.17, 15) is 9.90 Å². The molecule has 0 radical (unpaired) electrons. The Hall–Kier alpha value is -1.43. The van der Waals surface area contributed by atoms with Crippen LogP contribution in [0.25, 0.3) is 0 Å². The van der Waals surface area contributed by atoms with E-state index >= 15 is 0 Å². The predicted molar refractivity (Wildman–Crippen MR) is 90.6 cm³/mol. The molecule has 0 saturated carbocycles. The van der Waals surface area contributed by atoms with Crippen LogP contribution in [0.5, 0.6) is 0 Å². The molecule has 0 aromatic heterocycles. The third-order valence-electron chi connectivity index (χ3n) is 5.76. The van der Waals surface area contributed by atoms with Crippen molar-refractivity contribution in [2.75, 3.05) is 39.4 Å². The highest BCUT2D eigenvalue weighted by atomic mass is 16.5. The number of hydrogen-bond acceptors (Lipinski definition) is 4. The maximum Gasteiger partial charge on any atom is 0.227 e. The molecule has 1 amide bonds. The summed E-state index contributed by atoms with van der Waals surface area (Å²) >= 11 is 0. The van der Waals surface area contributed by atoms with Gasteiger partial charge in [0.25, 0.3) is 0 Å². The SMILES string of the molecule is O=C(C1CCCN(C2Cc3ccccc3C2O)C1)N1CCOCC1. The van der Waals surface area contributed by atoms with Crippen molar-refractivity contribution in [2.45, 2.75) is 31.4 Å². The van der Waals surface area contributed by atoms with Crippen molar-refractivity contribution in [3.63, 3.8) is 0 Å². The van der Waals surface area contributed by atoms with Crippen molar-refractivity contribution < 1.29 is 14.6 Å². The minimum atomic E-state index is -0.432. The fourth-order valence-electron chi connectivity index (χ4n) is 4.43. The number of carbonyl (C=O) groups is 1. The van der Waals surface area contributed by atoms with Gasteiger partial charge in [0.1, 0.15) is 0 Å². The van der Waals surface area contributed by atoms with E-state index in [0.717, 1.165) is 37.9 Å². The van der Waals surface area contributed by atoms with Crippen LogP contribution in [0.15, 0.2) is 24.3 Å². The highest BCUT2D eigenvalue weighted by Gasteiger charge is 2.39. The first kappa shape index (κ1) is 16.1. The summed E-state index contributed by atoms with van der Waals surface area (Å²) in [5.74, 6) is 0.334. The summed E-state index contributed by atoms with van der Waals surface area (Å²) in [6, 6.07) is 8.28. The average molecular weight is 330 g/mol. The van der Waals surface area contributed by atoms with Crippen molar-refractivity contribution in [1.82, 2.24) is 9.80 Å². The Bertz CT molecular complexity index is 600. The quantitative estimate of drug-likeness (QED) is 0.886. The zero-order chi connectivity index (χ0) is 16.5. The number of piperidine rings is 1. The molecule has 2 saturated heterocycles. The summed E-state index contributed by atoms with van der Waals surface area (Å²) < 4.78 is 5.35. The molecular formula is C19H26N2O3. The molecular weight excluding hydrogens is 304 g/mol. The molecule has 3 atom stereocenters. The number of nitrogens with zero attached hydrogens (tertiary/aromatic N) is 2. The minimum Gasteiger partial charge on any atom is -0.387 e. The van der Waals surface area contributed by atoms with E-state index in [1.54, 1.807) is 0 Å². The maximum atomic E-state index is 12.8. The lowest BCUT2D eigenvalue weighted by Gasteiger charge is -2.39. The van der Waals surface area contributed by atoms with Gasteiger partial charge in [0, 0.05) is 25.7 Å². The number of aliphatic hydroxyl groups excluding tert-OH is 1. The number of fused-ring (bicyclic) bond motifs is 1. The Labute approximate surface area is 143 Å². The number of rotatable bonds is 2. The Balaban J connectivity index is 1.43. The van der Waals surface area contributed by atoms with Gasteiger partial charge in [-0.3, -0.25) is 9.69 Å². The van der Waals surface area contributed by atoms with E-state index in [4.69, 9.17) is 4.74 Å². The van der Waals surface area contributed by atoms with Crippen LogP contribution in [-0.2, 0) is 16.0 Å². The molecule has 5 heteroatoms. The molecule has 1 N–H and O–H groups in total. The summed E-state index contributed by atoms with van der Waals surface area (Å²) in [4.78, 5) is 17.1. The van der Waals surface area contributed by atoms with Gasteiger partial charge in [-0.1, -0.05) is 24.3 Å². The molecule has 2 heterocycles. The molecule has 3 aliphatic rings. The lowest BCUT2D eigenvalue weighted by atomic mass is 9.94. The molecule has 3 unspecified atom stereocenters. The maximum absolute atomic E-state index is 12.8. The van der Waals surface area contributed by atoms with Crippen molar-refractivity contribution in [3.05, 3.63) is 35.4 Å². The van der Waals surface area contributed by atoms with E-state index in [1.165, 1.54) is 5.56 Å². The summed E-state index contributed by atoms with van der Waals surface area (Å²) in [5.41, 5.74) is 2.31. The van der Waals surface area contributed by atoms with E-state index in [0.29, 0.717) is 26.3 Å². The van der Waals surface area contributed by atoms with Gasteiger partial charge in [-0.15, -0.1) is 0 Å². The number of morpholine rings is 1. The van der Waals surface area contributed by atoms with E-state index < -0.39 is 6.10 Å². The van der Waals surface area contributed by atoms with Crippen LogP contribution in [0, 0.1) is 5.92 Å². The van der Waals surface area contributed by atoms with Crippen LogP contribution in [0.1, 0.15) is 30.1 Å². The van der Waals surface area contributed by atoms with Gasteiger partial charge < -0.3 is 14.7 Å². The summed E-state index contributed by atoms with van der Waals surface area (Å²) in [7, 11) is 0. The topological polar surface area (TPSA) is 53.0 Å². The normalized spacial score (nSPS) is 31.0. The van der Waals surface area contributed by atoms with Gasteiger partial charge in [-0.25, -0.2) is 0 Å². The predicted octanol–water partition coefficient (Wildman–Crippen LogP) is 1.22. The monoisotopic (exact) mass is 330 g/mol. The van der Waals surface area contributed by atoms with Crippen LogP contribution in [0.3, 0.4) is 0 Å². The molecule has 0 bridgehead atoms. The molecule has 2 aliphatic heterocycles. The number of likely N-dealkylation sites (tertiary alicyclic amines) is 1. The number of hydrogen-bond donors (Lipinski definition) is 1. The molecule has 1 aliphatic carbocycles. The molecule has 1 aromatic rings. The smallest absolute Gasteiger partial charge is 0.227 e. The number of amides is 1. The summed E-state index contributed by atoms with van der Waals surface area (Å²) in [6.45, 7) is 4.48. The van der Waals surface area contributed by atoms with Crippen LogP contribution in [-0.4, -0.2) is 66.2 Å². The Morgan fingerprint density at radius 2 is 1.96 bits per heavy atom. The first-order valence-electron chi connectivity index (χ1n) is 9.10. The van der Waals surface area contributed by atoms with Gasteiger partial charge in [-0.05, 0) is 36.9 Å². The van der Waals surface area contributed by atoms with Crippen molar-refractivity contribution in [2.24, 2.45) is 5.92 Å². The number of ether oxygens (including phenoxy) is 1. The second kappa shape index (κ2) is 6.82. The van der Waals surface area contributed by atoms with Gasteiger partial charge >= 0.3 is 0 Å². The number of benzene rings is 1. The molecule has 0 spiro atoms. The van der Waals surface area contributed by atoms with Crippen molar-refractivity contribution in [3.8, 4) is 0 Å². The fraction of sp³-hybridized carbons (Fsp3) is 0.632. The zero-order valence-electron chi connectivity index (χ0n) is 14.1. The van der Waals surface area contributed by atoms with E-state index in [2.05, 4.69) is 11.0 Å². The van der Waals surface area contributed by atoms with Gasteiger partial charge in [0.05, 0.1) is 25.2 Å². The van der Waals surface area contributed by atoms with E-state index in [1.807, 2.05) is 23.1 Å². The average Bonchev–Trinajstić information content (AvgIpc) is 2.99.